The van der Waals surface area contributed by atoms with Gasteiger partial charge in [-0.2, -0.15) is 0 Å². The first kappa shape index (κ1) is 20.3. The number of hydrogen-bond donors (Lipinski definition) is 2. The lowest BCUT2D eigenvalue weighted by Gasteiger charge is -2.10. The summed E-state index contributed by atoms with van der Waals surface area (Å²) >= 11 is 0. The maximum atomic E-state index is 11.6. The molecule has 6 heteroatoms. The molecule has 33 heavy (non-hydrogen) atoms. The first-order chi connectivity index (χ1) is 16.1. The van der Waals surface area contributed by atoms with Crippen molar-refractivity contribution in [1.29, 1.82) is 0 Å². The summed E-state index contributed by atoms with van der Waals surface area (Å²) in [4.78, 5) is 22.1. The van der Waals surface area contributed by atoms with Crippen molar-refractivity contribution in [2.45, 2.75) is 0 Å². The highest BCUT2D eigenvalue weighted by molar-refractivity contribution is 6.09. The molecule has 5 aromatic rings. The molecule has 0 bridgehead atoms. The summed E-state index contributed by atoms with van der Waals surface area (Å²) in [6, 6.07) is 32.4. The van der Waals surface area contributed by atoms with E-state index in [1.165, 1.54) is 10.8 Å². The topological polar surface area (TPSA) is 80.6 Å². The average molecular weight is 436 g/mol. The summed E-state index contributed by atoms with van der Waals surface area (Å²) in [5.41, 5.74) is 5.97. The third-order valence-electron chi connectivity index (χ3n) is 5.50. The van der Waals surface area contributed by atoms with E-state index in [2.05, 4.69) is 87.4 Å². The van der Waals surface area contributed by atoms with Gasteiger partial charge in [-0.1, -0.05) is 60.7 Å². The zero-order chi connectivity index (χ0) is 22.8. The summed E-state index contributed by atoms with van der Waals surface area (Å²) < 4.78 is 6.85. The van der Waals surface area contributed by atoms with Crippen molar-refractivity contribution in [1.82, 2.24) is 4.57 Å². The van der Waals surface area contributed by atoms with Crippen molar-refractivity contribution < 1.29 is 19.4 Å². The Labute approximate surface area is 189 Å². The normalized spacial score (nSPS) is 10.9. The lowest BCUT2D eigenvalue weighted by molar-refractivity contribution is -0.140. The van der Waals surface area contributed by atoms with Gasteiger partial charge in [0.05, 0.1) is 11.0 Å². The van der Waals surface area contributed by atoms with Crippen LogP contribution in [0.15, 0.2) is 97.1 Å². The molecule has 0 aliphatic rings. The van der Waals surface area contributed by atoms with Crippen LogP contribution in [0.5, 0.6) is 0 Å². The van der Waals surface area contributed by atoms with E-state index in [4.69, 9.17) is 5.11 Å². The largest absolute Gasteiger partial charge is 0.479 e. The number of ether oxygens (including phenoxy) is 1. The number of carboxylic acids is 1. The maximum Gasteiger partial charge on any atom is 0.412 e. The van der Waals surface area contributed by atoms with Crippen molar-refractivity contribution in [2.75, 3.05) is 11.9 Å². The van der Waals surface area contributed by atoms with Gasteiger partial charge in [0, 0.05) is 22.1 Å². The molecule has 0 atom stereocenters. The number of carbonyl (C=O) groups is 2. The van der Waals surface area contributed by atoms with Crippen LogP contribution in [-0.4, -0.2) is 28.3 Å². The number of carbonyl (C=O) groups excluding carboxylic acids is 1. The quantitative estimate of drug-likeness (QED) is 0.350. The second kappa shape index (κ2) is 8.51. The summed E-state index contributed by atoms with van der Waals surface area (Å²) in [5, 5.41) is 13.5. The SMILES string of the molecule is O=C(O)COC(=O)Nc1ccc(-c2ccc(-n3c4ccccc4c4ccccc43)cc2)cc1. The first-order valence-corrected chi connectivity index (χ1v) is 10.4. The number of hydrogen-bond acceptors (Lipinski definition) is 3. The van der Waals surface area contributed by atoms with Gasteiger partial charge in [0.1, 0.15) is 0 Å². The number of rotatable bonds is 5. The number of nitrogens with one attached hydrogen (secondary N) is 1. The number of aliphatic carboxylic acids is 1. The Hall–Kier alpha value is -4.58. The van der Waals surface area contributed by atoms with Gasteiger partial charge in [-0.15, -0.1) is 0 Å². The fourth-order valence-electron chi connectivity index (χ4n) is 4.03. The van der Waals surface area contributed by atoms with Crippen LogP contribution in [0.2, 0.25) is 0 Å². The number of fused-ring (bicyclic) bond motifs is 3. The van der Waals surface area contributed by atoms with E-state index in [0.717, 1.165) is 27.8 Å². The second-order valence-electron chi connectivity index (χ2n) is 7.59. The zero-order valence-corrected chi connectivity index (χ0v) is 17.6. The van der Waals surface area contributed by atoms with Crippen LogP contribution in [-0.2, 0) is 9.53 Å². The number of benzene rings is 4. The molecule has 1 heterocycles. The molecule has 0 saturated carbocycles. The monoisotopic (exact) mass is 436 g/mol. The molecule has 0 aliphatic heterocycles. The van der Waals surface area contributed by atoms with Gasteiger partial charge in [-0.05, 0) is 47.5 Å². The highest BCUT2D eigenvalue weighted by Crippen LogP contribution is 2.32. The van der Waals surface area contributed by atoms with Gasteiger partial charge in [-0.25, -0.2) is 9.59 Å². The minimum Gasteiger partial charge on any atom is -0.479 e. The van der Waals surface area contributed by atoms with E-state index in [0.29, 0.717) is 5.69 Å². The Bertz CT molecular complexity index is 1420. The molecule has 0 spiro atoms. The Balaban J connectivity index is 1.40. The van der Waals surface area contributed by atoms with Gasteiger partial charge in [0.25, 0.3) is 0 Å². The van der Waals surface area contributed by atoms with Gasteiger partial charge >= 0.3 is 12.1 Å². The number of para-hydroxylation sites is 2. The van der Waals surface area contributed by atoms with E-state index < -0.39 is 18.7 Å². The Morgan fingerprint density at radius 1 is 0.727 bits per heavy atom. The molecule has 0 unspecified atom stereocenters. The first-order valence-electron chi connectivity index (χ1n) is 10.4. The molecule has 2 N–H and O–H groups in total. The van der Waals surface area contributed by atoms with Crippen LogP contribution >= 0.6 is 0 Å². The van der Waals surface area contributed by atoms with E-state index in [9.17, 15) is 9.59 Å². The number of aromatic nitrogens is 1. The molecule has 5 rings (SSSR count). The molecule has 0 saturated heterocycles. The predicted octanol–water partition coefficient (Wildman–Crippen LogP) is 6.08. The zero-order valence-electron chi connectivity index (χ0n) is 17.6. The second-order valence-corrected chi connectivity index (χ2v) is 7.59. The average Bonchev–Trinajstić information content (AvgIpc) is 3.18. The minimum atomic E-state index is -1.20. The Morgan fingerprint density at radius 3 is 1.79 bits per heavy atom. The molecular formula is C27H20N2O4. The number of anilines is 1. The summed E-state index contributed by atoms with van der Waals surface area (Å²) in [6.45, 7) is -0.678. The minimum absolute atomic E-state index is 0.524. The fourth-order valence-corrected chi connectivity index (χ4v) is 4.03. The Kier molecular flexibility index (Phi) is 5.24. The van der Waals surface area contributed by atoms with Crippen LogP contribution in [0.4, 0.5) is 10.5 Å². The van der Waals surface area contributed by atoms with Crippen LogP contribution < -0.4 is 5.32 Å². The highest BCUT2D eigenvalue weighted by Gasteiger charge is 2.11. The molecule has 1 aromatic heterocycles. The van der Waals surface area contributed by atoms with Gasteiger partial charge in [0.15, 0.2) is 6.61 Å². The fraction of sp³-hybridized carbons (Fsp3) is 0.0370. The lowest BCUT2D eigenvalue weighted by atomic mass is 10.0. The number of amides is 1. The van der Waals surface area contributed by atoms with E-state index in [-0.39, 0.29) is 0 Å². The van der Waals surface area contributed by atoms with Gasteiger partial charge in [-0.3, -0.25) is 5.32 Å². The summed E-state index contributed by atoms with van der Waals surface area (Å²) in [7, 11) is 0. The van der Waals surface area contributed by atoms with Crippen LogP contribution in [0, 0.1) is 0 Å². The summed E-state index contributed by atoms with van der Waals surface area (Å²) in [5.74, 6) is -1.20. The maximum absolute atomic E-state index is 11.6. The Morgan fingerprint density at radius 2 is 1.24 bits per heavy atom. The third-order valence-corrected chi connectivity index (χ3v) is 5.50. The molecule has 6 nitrogen and oxygen atoms in total. The van der Waals surface area contributed by atoms with Crippen LogP contribution in [0.25, 0.3) is 38.6 Å². The third kappa shape index (κ3) is 4.02. The van der Waals surface area contributed by atoms with Crippen molar-refractivity contribution in [2.24, 2.45) is 0 Å². The predicted molar refractivity (Wildman–Crippen MR) is 129 cm³/mol. The standard InChI is InChI=1S/C27H20N2O4/c30-26(31)17-33-27(32)28-20-13-9-18(10-14-20)19-11-15-21(16-12-19)29-24-7-3-1-5-22(24)23-6-2-4-8-25(23)29/h1-16H,17H2,(H,28,32)(H,30,31). The summed E-state index contributed by atoms with van der Waals surface area (Å²) in [6.07, 6.45) is -0.805. The molecule has 0 radical (unpaired) electrons. The molecule has 162 valence electrons. The van der Waals surface area contributed by atoms with E-state index in [1.807, 2.05) is 12.1 Å². The highest BCUT2D eigenvalue weighted by atomic mass is 16.6. The lowest BCUT2D eigenvalue weighted by Crippen LogP contribution is -2.18. The molecule has 1 amide bonds. The van der Waals surface area contributed by atoms with Crippen LogP contribution in [0.3, 0.4) is 0 Å². The van der Waals surface area contributed by atoms with Crippen molar-refractivity contribution in [3.8, 4) is 16.8 Å². The van der Waals surface area contributed by atoms with Crippen molar-refractivity contribution >= 4 is 39.6 Å². The number of carboxylic acid groups (broad SMARTS) is 1. The number of nitrogens with zero attached hydrogens (tertiary/aromatic N) is 1. The molecule has 0 aliphatic carbocycles. The van der Waals surface area contributed by atoms with E-state index >= 15 is 0 Å². The van der Waals surface area contributed by atoms with Crippen molar-refractivity contribution in [3.63, 3.8) is 0 Å². The smallest absolute Gasteiger partial charge is 0.412 e. The van der Waals surface area contributed by atoms with Crippen LogP contribution in [0.1, 0.15) is 0 Å². The molecule has 4 aromatic carbocycles. The van der Waals surface area contributed by atoms with Gasteiger partial charge < -0.3 is 14.4 Å². The molecular weight excluding hydrogens is 416 g/mol. The van der Waals surface area contributed by atoms with E-state index in [1.54, 1.807) is 12.1 Å². The van der Waals surface area contributed by atoms with Gasteiger partial charge in [0.2, 0.25) is 0 Å². The van der Waals surface area contributed by atoms with Crippen molar-refractivity contribution in [3.05, 3.63) is 97.1 Å². The molecule has 0 fully saturated rings.